The molecule has 0 aliphatic carbocycles. The first kappa shape index (κ1) is 21.0. The van der Waals surface area contributed by atoms with E-state index in [-0.39, 0.29) is 5.75 Å². The summed E-state index contributed by atoms with van der Waals surface area (Å²) in [4.78, 5) is 2.75. The van der Waals surface area contributed by atoms with Gasteiger partial charge in [0.2, 0.25) is 0 Å². The van der Waals surface area contributed by atoms with E-state index in [1.807, 2.05) is 30.5 Å². The minimum absolute atomic E-state index is 0.280. The van der Waals surface area contributed by atoms with Gasteiger partial charge in [-0.05, 0) is 49.2 Å². The van der Waals surface area contributed by atoms with E-state index in [9.17, 15) is 21.2 Å². The Morgan fingerprint density at radius 1 is 1.17 bits per heavy atom. The number of sulfone groups is 2. The smallest absolute Gasteiger partial charge is 0.186 e. The second kappa shape index (κ2) is 7.79. The summed E-state index contributed by atoms with van der Waals surface area (Å²) in [5, 5.41) is 2.96. The average Bonchev–Trinajstić information content (AvgIpc) is 3.24. The van der Waals surface area contributed by atoms with E-state index >= 15 is 0 Å². The molecule has 30 heavy (non-hydrogen) atoms. The first-order valence-corrected chi connectivity index (χ1v) is 13.0. The van der Waals surface area contributed by atoms with Crippen LogP contribution < -0.4 is 5.32 Å². The maximum absolute atomic E-state index is 14.3. The van der Waals surface area contributed by atoms with Crippen molar-refractivity contribution in [3.05, 3.63) is 65.6 Å². The van der Waals surface area contributed by atoms with Crippen LogP contribution in [0, 0.1) is 12.7 Å². The number of nitrogens with one attached hydrogen (secondary N) is 2. The Morgan fingerprint density at radius 2 is 1.93 bits per heavy atom. The molecule has 0 amide bonds. The summed E-state index contributed by atoms with van der Waals surface area (Å²) >= 11 is 0. The third kappa shape index (κ3) is 4.01. The van der Waals surface area contributed by atoms with Gasteiger partial charge in [0.1, 0.15) is 10.7 Å². The summed E-state index contributed by atoms with van der Waals surface area (Å²) in [7, 11) is -7.70. The van der Waals surface area contributed by atoms with E-state index in [0.29, 0.717) is 18.5 Å². The highest BCUT2D eigenvalue weighted by Crippen LogP contribution is 2.28. The molecule has 4 rings (SSSR count). The topological polar surface area (TPSA) is 96.1 Å². The maximum atomic E-state index is 14.3. The molecule has 160 valence electrons. The van der Waals surface area contributed by atoms with Gasteiger partial charge < -0.3 is 10.3 Å². The minimum atomic E-state index is -4.15. The van der Waals surface area contributed by atoms with E-state index in [2.05, 4.69) is 10.3 Å². The number of benzene rings is 2. The predicted octanol–water partition coefficient (Wildman–Crippen LogP) is 2.39. The third-order valence-corrected chi connectivity index (χ3v) is 9.73. The van der Waals surface area contributed by atoms with Crippen LogP contribution >= 0.6 is 0 Å². The number of rotatable bonds is 6. The zero-order valence-corrected chi connectivity index (χ0v) is 18.1. The van der Waals surface area contributed by atoms with Gasteiger partial charge in [-0.3, -0.25) is 0 Å². The summed E-state index contributed by atoms with van der Waals surface area (Å²) in [6.07, 6.45) is 2.50. The second-order valence-corrected chi connectivity index (χ2v) is 12.1. The Morgan fingerprint density at radius 3 is 2.73 bits per heavy atom. The van der Waals surface area contributed by atoms with E-state index in [1.54, 1.807) is 6.92 Å². The normalized spacial score (nSPS) is 21.3. The highest BCUT2D eigenvalue weighted by Gasteiger charge is 2.46. The van der Waals surface area contributed by atoms with Gasteiger partial charge in [-0.2, -0.15) is 0 Å². The van der Waals surface area contributed by atoms with Crippen LogP contribution in [0.4, 0.5) is 4.39 Å². The van der Waals surface area contributed by atoms with Crippen LogP contribution in [0.5, 0.6) is 0 Å². The van der Waals surface area contributed by atoms with Gasteiger partial charge in [-0.25, -0.2) is 21.2 Å². The molecule has 0 radical (unpaired) electrons. The molecule has 2 N–H and O–H groups in total. The molecule has 3 aromatic rings. The van der Waals surface area contributed by atoms with Crippen LogP contribution in [0.1, 0.15) is 11.1 Å². The highest BCUT2D eigenvalue weighted by atomic mass is 32.2. The second-order valence-electron chi connectivity index (χ2n) is 7.76. The first-order valence-electron chi connectivity index (χ1n) is 9.66. The molecular weight excluding hydrogens is 427 g/mol. The number of halogens is 1. The average molecular weight is 451 g/mol. The zero-order chi connectivity index (χ0) is 21.5. The molecule has 0 spiro atoms. The number of hydrogen-bond donors (Lipinski definition) is 2. The number of para-hydroxylation sites is 1. The lowest BCUT2D eigenvalue weighted by Crippen LogP contribution is -2.44. The molecule has 0 saturated carbocycles. The van der Waals surface area contributed by atoms with Crippen molar-refractivity contribution in [1.82, 2.24) is 10.3 Å². The fourth-order valence-electron chi connectivity index (χ4n) is 4.03. The SMILES string of the molecule is Cc1ccc(F)c(S(=O)(=O)[C@H]2CS(=O)(=O)C[C@@H]2NCCc2c[nH]c3ccccc23)c1. The van der Waals surface area contributed by atoms with E-state index < -0.39 is 47.4 Å². The van der Waals surface area contributed by atoms with Gasteiger partial charge >= 0.3 is 0 Å². The summed E-state index contributed by atoms with van der Waals surface area (Å²) in [5.74, 6) is -1.64. The summed E-state index contributed by atoms with van der Waals surface area (Å²) in [6.45, 7) is 2.07. The van der Waals surface area contributed by atoms with Crippen molar-refractivity contribution in [2.45, 2.75) is 29.5 Å². The fourth-order valence-corrected chi connectivity index (χ4v) is 8.90. The van der Waals surface area contributed by atoms with Gasteiger partial charge in [0.15, 0.2) is 19.7 Å². The molecule has 0 bridgehead atoms. The zero-order valence-electron chi connectivity index (χ0n) is 16.4. The number of fused-ring (bicyclic) bond motifs is 1. The highest BCUT2D eigenvalue weighted by molar-refractivity contribution is 7.96. The molecule has 0 unspecified atom stereocenters. The Kier molecular flexibility index (Phi) is 5.46. The Labute approximate surface area is 175 Å². The van der Waals surface area contributed by atoms with Crippen molar-refractivity contribution in [2.75, 3.05) is 18.1 Å². The molecule has 1 fully saturated rings. The number of aromatic amines is 1. The number of aryl methyl sites for hydroxylation is 1. The van der Waals surface area contributed by atoms with Crippen molar-refractivity contribution in [1.29, 1.82) is 0 Å². The molecule has 1 aliphatic rings. The number of H-pyrrole nitrogens is 1. The quantitative estimate of drug-likeness (QED) is 0.601. The van der Waals surface area contributed by atoms with Crippen molar-refractivity contribution in [3.63, 3.8) is 0 Å². The summed E-state index contributed by atoms with van der Waals surface area (Å²) in [5.41, 5.74) is 2.66. The predicted molar refractivity (Wildman–Crippen MR) is 115 cm³/mol. The molecule has 1 aromatic heterocycles. The fraction of sp³-hybridized carbons (Fsp3) is 0.333. The van der Waals surface area contributed by atoms with E-state index in [4.69, 9.17) is 0 Å². The molecule has 9 heteroatoms. The van der Waals surface area contributed by atoms with Crippen molar-refractivity contribution in [2.24, 2.45) is 0 Å². The standard InChI is InChI=1S/C21H23FN2O4S2/c1-14-6-7-17(22)20(10-14)30(27,28)21-13-29(25,26)12-19(21)23-9-8-15-11-24-18-5-3-2-4-16(15)18/h2-7,10-11,19,21,23-24H,8-9,12-13H2,1H3/t19-,21-/m0/s1. The van der Waals surface area contributed by atoms with Crippen LogP contribution in [0.25, 0.3) is 10.9 Å². The molecule has 2 atom stereocenters. The monoisotopic (exact) mass is 450 g/mol. The molecule has 2 heterocycles. The molecule has 2 aromatic carbocycles. The third-order valence-electron chi connectivity index (χ3n) is 5.57. The molecule has 6 nitrogen and oxygen atoms in total. The van der Waals surface area contributed by atoms with Gasteiger partial charge in [0.05, 0.1) is 16.8 Å². The van der Waals surface area contributed by atoms with Gasteiger partial charge in [0, 0.05) is 23.1 Å². The van der Waals surface area contributed by atoms with Gasteiger partial charge in [0.25, 0.3) is 0 Å². The lowest BCUT2D eigenvalue weighted by molar-refractivity contribution is 0.520. The van der Waals surface area contributed by atoms with Crippen molar-refractivity contribution < 1.29 is 21.2 Å². The number of hydrogen-bond acceptors (Lipinski definition) is 5. The summed E-state index contributed by atoms with van der Waals surface area (Å²) < 4.78 is 65.0. The Hall–Kier alpha value is -2.23. The van der Waals surface area contributed by atoms with Crippen molar-refractivity contribution in [3.8, 4) is 0 Å². The lowest BCUT2D eigenvalue weighted by atomic mass is 10.1. The van der Waals surface area contributed by atoms with E-state index in [0.717, 1.165) is 22.5 Å². The van der Waals surface area contributed by atoms with Crippen LogP contribution in [-0.2, 0) is 26.1 Å². The van der Waals surface area contributed by atoms with Crippen LogP contribution in [0.3, 0.4) is 0 Å². The molecule has 1 saturated heterocycles. The van der Waals surface area contributed by atoms with Crippen molar-refractivity contribution >= 4 is 30.6 Å². The minimum Gasteiger partial charge on any atom is -0.361 e. The van der Waals surface area contributed by atoms with Gasteiger partial charge in [-0.1, -0.05) is 24.3 Å². The Bertz CT molecular complexity index is 1300. The van der Waals surface area contributed by atoms with Crippen LogP contribution in [-0.4, -0.2) is 51.2 Å². The van der Waals surface area contributed by atoms with Crippen LogP contribution in [0.15, 0.2) is 53.6 Å². The lowest BCUT2D eigenvalue weighted by Gasteiger charge is -2.20. The largest absolute Gasteiger partial charge is 0.361 e. The number of aromatic nitrogens is 1. The van der Waals surface area contributed by atoms with E-state index in [1.165, 1.54) is 12.1 Å². The van der Waals surface area contributed by atoms with Gasteiger partial charge in [-0.15, -0.1) is 0 Å². The molecular formula is C21H23FN2O4S2. The molecule has 1 aliphatic heterocycles. The first-order chi connectivity index (χ1) is 14.2. The summed E-state index contributed by atoms with van der Waals surface area (Å²) in [6, 6.07) is 10.9. The maximum Gasteiger partial charge on any atom is 0.186 e. The van der Waals surface area contributed by atoms with Crippen LogP contribution in [0.2, 0.25) is 0 Å². The Balaban J connectivity index is 1.55.